The Kier molecular flexibility index (Phi) is 8.96. The molecule has 6 rings (SSSR count). The Balaban J connectivity index is 0.000000204. The van der Waals surface area contributed by atoms with Gasteiger partial charge in [0.2, 0.25) is 0 Å². The molecule has 0 saturated carbocycles. The second-order valence-electron chi connectivity index (χ2n) is 11.1. The van der Waals surface area contributed by atoms with Gasteiger partial charge in [-0.2, -0.15) is 52.7 Å². The Hall–Kier alpha value is -5.82. The first-order valence-electron chi connectivity index (χ1n) is 14.1. The summed E-state index contributed by atoms with van der Waals surface area (Å²) < 4.78 is 171. The number of anilines is 2. The maximum Gasteiger partial charge on any atom is 0.417 e. The number of aryl methyl sites for hydroxylation is 2. The van der Waals surface area contributed by atoms with E-state index in [4.69, 9.17) is 20.3 Å². The third-order valence-corrected chi connectivity index (χ3v) is 7.40. The first kappa shape index (κ1) is 37.4. The number of nitrogen functional groups attached to an aromatic ring is 2. The van der Waals surface area contributed by atoms with Gasteiger partial charge in [0.05, 0.1) is 33.6 Å². The molecule has 0 bridgehead atoms. The summed E-state index contributed by atoms with van der Waals surface area (Å²) in [5.74, 6) is -1.47. The summed E-state index contributed by atoms with van der Waals surface area (Å²) in [4.78, 5) is 7.66. The van der Waals surface area contributed by atoms with E-state index >= 15 is 0 Å². The molecule has 4 aromatic carbocycles. The molecule has 276 valence electrons. The van der Waals surface area contributed by atoms with Crippen LogP contribution in [0.5, 0.6) is 11.5 Å². The molecular weight excluding hydrogens is 732 g/mol. The molecule has 0 fully saturated rings. The number of hydrogen-bond acceptors (Lipinski definition) is 8. The van der Waals surface area contributed by atoms with Crippen LogP contribution < -0.4 is 11.5 Å². The number of aromatic nitrogens is 2. The monoisotopic (exact) mass is 752 g/mol. The van der Waals surface area contributed by atoms with Crippen LogP contribution in [0.1, 0.15) is 34.0 Å². The molecule has 2 aromatic heterocycles. The zero-order valence-electron chi connectivity index (χ0n) is 25.9. The van der Waals surface area contributed by atoms with Crippen LogP contribution in [0.2, 0.25) is 0 Å². The van der Waals surface area contributed by atoms with Crippen molar-refractivity contribution in [3.8, 4) is 33.8 Å². The van der Waals surface area contributed by atoms with E-state index in [-0.39, 0.29) is 34.0 Å². The number of rotatable bonds is 2. The molecule has 20 heteroatoms. The van der Waals surface area contributed by atoms with Gasteiger partial charge in [0, 0.05) is 13.8 Å². The predicted octanol–water partition coefficient (Wildman–Crippen LogP) is 10.3. The van der Waals surface area contributed by atoms with Crippen LogP contribution in [0.3, 0.4) is 0 Å². The first-order valence-corrected chi connectivity index (χ1v) is 14.1. The maximum absolute atomic E-state index is 13.6. The minimum absolute atomic E-state index is 0.0533. The van der Waals surface area contributed by atoms with E-state index in [0.29, 0.717) is 36.4 Å². The van der Waals surface area contributed by atoms with Crippen molar-refractivity contribution in [3.63, 3.8) is 0 Å². The van der Waals surface area contributed by atoms with E-state index in [1.54, 1.807) is 0 Å². The lowest BCUT2D eigenvalue weighted by atomic mass is 9.93. The van der Waals surface area contributed by atoms with E-state index in [1.165, 1.54) is 13.8 Å². The third-order valence-electron chi connectivity index (χ3n) is 7.40. The molecular formula is C32H20F12N4O4. The van der Waals surface area contributed by atoms with Crippen molar-refractivity contribution in [2.24, 2.45) is 0 Å². The number of benzene rings is 4. The highest BCUT2D eigenvalue weighted by atomic mass is 19.4. The maximum atomic E-state index is 13.6. The zero-order chi connectivity index (χ0) is 38.9. The van der Waals surface area contributed by atoms with Gasteiger partial charge in [-0.05, 0) is 70.8 Å². The summed E-state index contributed by atoms with van der Waals surface area (Å²) in [6.07, 6.45) is -19.9. The molecule has 0 aliphatic rings. The van der Waals surface area contributed by atoms with Crippen LogP contribution in [0, 0.1) is 13.8 Å². The number of halogens is 12. The molecule has 52 heavy (non-hydrogen) atoms. The van der Waals surface area contributed by atoms with Gasteiger partial charge in [-0.3, -0.25) is 0 Å². The lowest BCUT2D eigenvalue weighted by Gasteiger charge is -2.19. The van der Waals surface area contributed by atoms with E-state index in [2.05, 4.69) is 9.97 Å². The van der Waals surface area contributed by atoms with Gasteiger partial charge in [-0.1, -0.05) is 0 Å². The summed E-state index contributed by atoms with van der Waals surface area (Å²) in [6, 6.07) is 4.73. The topological polar surface area (TPSA) is 145 Å². The number of oxazole rings is 2. The van der Waals surface area contributed by atoms with Gasteiger partial charge in [0.15, 0.2) is 22.9 Å². The van der Waals surface area contributed by atoms with Crippen molar-refractivity contribution in [1.29, 1.82) is 0 Å². The van der Waals surface area contributed by atoms with Crippen molar-refractivity contribution in [1.82, 2.24) is 9.97 Å². The lowest BCUT2D eigenvalue weighted by molar-refractivity contribution is -0.139. The lowest BCUT2D eigenvalue weighted by Crippen LogP contribution is -2.12. The Morgan fingerprint density at radius 3 is 1.02 bits per heavy atom. The van der Waals surface area contributed by atoms with E-state index in [9.17, 15) is 62.9 Å². The highest BCUT2D eigenvalue weighted by Gasteiger charge is 2.41. The molecule has 0 atom stereocenters. The van der Waals surface area contributed by atoms with Crippen molar-refractivity contribution in [2.75, 3.05) is 11.5 Å². The Morgan fingerprint density at radius 2 is 0.731 bits per heavy atom. The number of fused-ring (bicyclic) bond motifs is 2. The zero-order valence-corrected chi connectivity index (χ0v) is 25.9. The van der Waals surface area contributed by atoms with Crippen LogP contribution >= 0.6 is 0 Å². The van der Waals surface area contributed by atoms with E-state index < -0.39 is 92.1 Å². The smallest absolute Gasteiger partial charge is 0.417 e. The first-order chi connectivity index (χ1) is 23.8. The van der Waals surface area contributed by atoms with Gasteiger partial charge < -0.3 is 30.5 Å². The van der Waals surface area contributed by atoms with Gasteiger partial charge in [-0.25, -0.2) is 9.97 Å². The quantitative estimate of drug-likeness (QED) is 0.0777. The molecule has 6 aromatic rings. The van der Waals surface area contributed by atoms with Crippen molar-refractivity contribution >= 4 is 33.6 Å². The van der Waals surface area contributed by atoms with E-state index in [0.717, 1.165) is 12.1 Å². The normalized spacial score (nSPS) is 12.7. The summed E-state index contributed by atoms with van der Waals surface area (Å²) in [5.41, 5.74) is -0.0459. The Morgan fingerprint density at radius 1 is 0.462 bits per heavy atom. The summed E-state index contributed by atoms with van der Waals surface area (Å²) in [6.45, 7) is 2.86. The molecule has 0 aliphatic carbocycles. The molecule has 0 amide bonds. The van der Waals surface area contributed by atoms with Crippen LogP contribution in [0.15, 0.2) is 57.4 Å². The highest BCUT2D eigenvalue weighted by molar-refractivity contribution is 5.89. The standard InChI is InChI=1S/C18H10F6N2O2.C14H10F6N2O2/c1-7-25-13-5-11(17(19,20)21)9(3-15(13)27-7)10-4-16-14(26-8(2)28-16)6-12(10)18(22,23)24;15-13(16,17)7-3-9(21)11(23)1-5(7)6-2-12(24)10(22)4-8(6)14(18,19)20/h3-6H,1-2H3;1-4,23-24H,21-22H2. The highest BCUT2D eigenvalue weighted by Crippen LogP contribution is 2.48. The number of alkyl halides is 12. The molecule has 2 heterocycles. The molecule has 0 aliphatic heterocycles. The van der Waals surface area contributed by atoms with Crippen molar-refractivity contribution in [3.05, 3.63) is 82.6 Å². The van der Waals surface area contributed by atoms with Crippen LogP contribution in [0.4, 0.5) is 64.1 Å². The van der Waals surface area contributed by atoms with Gasteiger partial charge >= 0.3 is 24.7 Å². The summed E-state index contributed by atoms with van der Waals surface area (Å²) in [7, 11) is 0. The van der Waals surface area contributed by atoms with Gasteiger partial charge in [0.25, 0.3) is 0 Å². The molecule has 8 nitrogen and oxygen atoms in total. The Bertz CT molecular complexity index is 2170. The Labute approximate surface area is 281 Å². The summed E-state index contributed by atoms with van der Waals surface area (Å²) in [5, 5.41) is 19.0. The third kappa shape index (κ3) is 7.31. The van der Waals surface area contributed by atoms with E-state index in [1.807, 2.05) is 0 Å². The molecule has 0 saturated heterocycles. The minimum atomic E-state index is -5.04. The van der Waals surface area contributed by atoms with Gasteiger partial charge in [-0.15, -0.1) is 0 Å². The number of nitrogens with zero attached hydrogens (tertiary/aromatic N) is 2. The fourth-order valence-corrected chi connectivity index (χ4v) is 5.22. The second kappa shape index (κ2) is 12.4. The van der Waals surface area contributed by atoms with Gasteiger partial charge in [0.1, 0.15) is 22.5 Å². The fourth-order valence-electron chi connectivity index (χ4n) is 5.22. The SMILES string of the molecule is Cc1nc2cc(C(F)(F)F)c(-c3cc4oc(C)nc4cc3C(F)(F)F)cc2o1.Nc1cc(C(F)(F)F)c(-c2cc(O)c(N)cc2C(F)(F)F)cc1O. The number of hydrogen-bond donors (Lipinski definition) is 4. The predicted molar refractivity (Wildman–Crippen MR) is 161 cm³/mol. The second-order valence-corrected chi connectivity index (χ2v) is 11.1. The number of nitrogens with two attached hydrogens (primary N) is 2. The summed E-state index contributed by atoms with van der Waals surface area (Å²) >= 11 is 0. The molecule has 6 N–H and O–H groups in total. The molecule has 0 unspecified atom stereocenters. The average molecular weight is 753 g/mol. The fraction of sp³-hybridized carbons (Fsp3) is 0.188. The average Bonchev–Trinajstić information content (AvgIpc) is 3.55. The number of aromatic hydroxyl groups is 2. The van der Waals surface area contributed by atoms with Crippen LogP contribution in [0.25, 0.3) is 44.5 Å². The number of phenols is 2. The minimum Gasteiger partial charge on any atom is -0.506 e. The van der Waals surface area contributed by atoms with Crippen molar-refractivity contribution in [2.45, 2.75) is 38.6 Å². The van der Waals surface area contributed by atoms with Crippen LogP contribution in [-0.2, 0) is 24.7 Å². The largest absolute Gasteiger partial charge is 0.506 e. The number of phenolic OH excluding ortho intramolecular Hbond substituents is 2. The van der Waals surface area contributed by atoms with Crippen molar-refractivity contribution < 1.29 is 71.7 Å². The van der Waals surface area contributed by atoms with Crippen LogP contribution in [-0.4, -0.2) is 20.2 Å². The molecule has 0 spiro atoms. The molecule has 0 radical (unpaired) electrons.